The van der Waals surface area contributed by atoms with E-state index >= 15 is 0 Å². The number of halogens is 1. The first kappa shape index (κ1) is 22.0. The van der Waals surface area contributed by atoms with Crippen molar-refractivity contribution in [3.63, 3.8) is 0 Å². The van der Waals surface area contributed by atoms with E-state index in [1.807, 2.05) is 6.92 Å². The van der Waals surface area contributed by atoms with Crippen LogP contribution in [0.1, 0.15) is 28.0 Å². The van der Waals surface area contributed by atoms with Crippen molar-refractivity contribution in [2.45, 2.75) is 19.9 Å². The number of carbonyl (C=O) groups is 2. The number of piperazine rings is 1. The van der Waals surface area contributed by atoms with Gasteiger partial charge in [-0.05, 0) is 62.4 Å². The molecular formula is C25H28FN3O3. The molecule has 7 heteroatoms. The van der Waals surface area contributed by atoms with Crippen molar-refractivity contribution in [3.8, 4) is 5.75 Å². The standard InChI is InChI=1S/C25H28FN3O3/c1-18-24(25(31)19-4-7-21(32-2)8-5-19)22-16-20(26)6-9-23(22)29(18)11-3-10-27-12-14-28(17-30)15-13-27/h4-9,16-17H,3,10-15H2,1-2H3. The highest BCUT2D eigenvalue weighted by Gasteiger charge is 2.22. The molecule has 1 aliphatic heterocycles. The van der Waals surface area contributed by atoms with Gasteiger partial charge in [0.15, 0.2) is 5.78 Å². The lowest BCUT2D eigenvalue weighted by Gasteiger charge is -2.32. The van der Waals surface area contributed by atoms with Gasteiger partial charge in [0.2, 0.25) is 6.41 Å². The van der Waals surface area contributed by atoms with Crippen LogP contribution in [0.15, 0.2) is 42.5 Å². The van der Waals surface area contributed by atoms with Crippen LogP contribution in [0.3, 0.4) is 0 Å². The number of hydrogen-bond donors (Lipinski definition) is 0. The van der Waals surface area contributed by atoms with Gasteiger partial charge in [-0.2, -0.15) is 0 Å². The number of ketones is 1. The molecule has 3 aromatic rings. The summed E-state index contributed by atoms with van der Waals surface area (Å²) in [6, 6.07) is 11.6. The topological polar surface area (TPSA) is 54.8 Å². The van der Waals surface area contributed by atoms with E-state index in [0.717, 1.165) is 63.3 Å². The van der Waals surface area contributed by atoms with Crippen LogP contribution >= 0.6 is 0 Å². The number of aryl methyl sites for hydroxylation is 1. The van der Waals surface area contributed by atoms with Crippen LogP contribution in [0, 0.1) is 12.7 Å². The van der Waals surface area contributed by atoms with Gasteiger partial charge in [0.1, 0.15) is 11.6 Å². The SMILES string of the molecule is COc1ccc(C(=O)c2c(C)n(CCCN3CCN(C=O)CC3)c3ccc(F)cc23)cc1. The quantitative estimate of drug-likeness (QED) is 0.400. The number of rotatable bonds is 8. The van der Waals surface area contributed by atoms with Crippen LogP contribution in [0.2, 0.25) is 0 Å². The summed E-state index contributed by atoms with van der Waals surface area (Å²) in [5, 5.41) is 0.642. The van der Waals surface area contributed by atoms with Gasteiger partial charge in [-0.15, -0.1) is 0 Å². The summed E-state index contributed by atoms with van der Waals surface area (Å²) in [5.41, 5.74) is 2.80. The molecule has 0 bridgehead atoms. The van der Waals surface area contributed by atoms with Gasteiger partial charge in [0, 0.05) is 54.9 Å². The van der Waals surface area contributed by atoms with Crippen molar-refractivity contribution >= 4 is 23.1 Å². The van der Waals surface area contributed by atoms with Crippen molar-refractivity contribution in [3.05, 3.63) is 65.1 Å². The molecule has 2 aromatic carbocycles. The molecule has 0 radical (unpaired) electrons. The number of benzene rings is 2. The largest absolute Gasteiger partial charge is 0.497 e. The molecule has 6 nitrogen and oxygen atoms in total. The molecule has 1 amide bonds. The molecule has 1 aliphatic rings. The van der Waals surface area contributed by atoms with E-state index in [0.29, 0.717) is 22.3 Å². The molecule has 4 rings (SSSR count). The Morgan fingerprint density at radius 1 is 1.06 bits per heavy atom. The van der Waals surface area contributed by atoms with Gasteiger partial charge >= 0.3 is 0 Å². The van der Waals surface area contributed by atoms with Crippen LogP contribution in [0.5, 0.6) is 5.75 Å². The lowest BCUT2D eigenvalue weighted by atomic mass is 10.0. The second-order valence-electron chi connectivity index (χ2n) is 8.17. The van der Waals surface area contributed by atoms with E-state index in [2.05, 4.69) is 9.47 Å². The van der Waals surface area contributed by atoms with Gasteiger partial charge in [-0.3, -0.25) is 14.5 Å². The molecule has 1 aromatic heterocycles. The maximum absolute atomic E-state index is 14.1. The summed E-state index contributed by atoms with van der Waals surface area (Å²) in [6.07, 6.45) is 1.81. The molecule has 0 atom stereocenters. The zero-order valence-electron chi connectivity index (χ0n) is 18.5. The van der Waals surface area contributed by atoms with Crippen LogP contribution in [0.25, 0.3) is 10.9 Å². The summed E-state index contributed by atoms with van der Waals surface area (Å²) in [4.78, 5) is 28.4. The lowest BCUT2D eigenvalue weighted by molar-refractivity contribution is -0.119. The smallest absolute Gasteiger partial charge is 0.209 e. The third-order valence-electron chi connectivity index (χ3n) is 6.28. The number of fused-ring (bicyclic) bond motifs is 1. The lowest BCUT2D eigenvalue weighted by Crippen LogP contribution is -2.45. The fourth-order valence-corrected chi connectivity index (χ4v) is 4.46. The third-order valence-corrected chi connectivity index (χ3v) is 6.28. The molecule has 0 unspecified atom stereocenters. The summed E-state index contributed by atoms with van der Waals surface area (Å²) in [5.74, 6) is 0.205. The van der Waals surface area contributed by atoms with Crippen molar-refractivity contribution in [1.82, 2.24) is 14.4 Å². The van der Waals surface area contributed by atoms with E-state index in [4.69, 9.17) is 4.74 Å². The Morgan fingerprint density at radius 2 is 1.78 bits per heavy atom. The maximum Gasteiger partial charge on any atom is 0.209 e. The Balaban J connectivity index is 1.57. The second kappa shape index (κ2) is 9.53. The Bertz CT molecular complexity index is 1120. The Kier molecular flexibility index (Phi) is 6.55. The van der Waals surface area contributed by atoms with Gasteiger partial charge < -0.3 is 14.2 Å². The highest BCUT2D eigenvalue weighted by atomic mass is 19.1. The number of methoxy groups -OCH3 is 1. The molecule has 2 heterocycles. The molecule has 32 heavy (non-hydrogen) atoms. The molecule has 1 fully saturated rings. The van der Waals surface area contributed by atoms with Crippen LogP contribution in [-0.4, -0.2) is 66.4 Å². The Morgan fingerprint density at radius 3 is 2.44 bits per heavy atom. The zero-order chi connectivity index (χ0) is 22.7. The van der Waals surface area contributed by atoms with Crippen molar-refractivity contribution in [2.75, 3.05) is 39.8 Å². The van der Waals surface area contributed by atoms with E-state index in [1.54, 1.807) is 42.3 Å². The normalized spacial score (nSPS) is 14.7. The highest BCUT2D eigenvalue weighted by Crippen LogP contribution is 2.29. The number of amides is 1. The van der Waals surface area contributed by atoms with Gasteiger partial charge in [-0.1, -0.05) is 0 Å². The maximum atomic E-state index is 14.1. The number of hydrogen-bond acceptors (Lipinski definition) is 4. The molecular weight excluding hydrogens is 409 g/mol. The third kappa shape index (κ3) is 4.39. The average Bonchev–Trinajstić information content (AvgIpc) is 3.09. The van der Waals surface area contributed by atoms with Crippen molar-refractivity contribution in [2.24, 2.45) is 0 Å². The average molecular weight is 438 g/mol. The summed E-state index contributed by atoms with van der Waals surface area (Å²) in [7, 11) is 1.58. The van der Waals surface area contributed by atoms with Gasteiger partial charge in [0.25, 0.3) is 0 Å². The number of ether oxygens (including phenoxy) is 1. The first-order valence-electron chi connectivity index (χ1n) is 10.9. The molecule has 0 aliphatic carbocycles. The molecule has 0 N–H and O–H groups in total. The van der Waals surface area contributed by atoms with Gasteiger partial charge in [-0.25, -0.2) is 4.39 Å². The Labute approximate surface area is 187 Å². The summed E-state index contributed by atoms with van der Waals surface area (Å²) >= 11 is 0. The highest BCUT2D eigenvalue weighted by molar-refractivity contribution is 6.17. The van der Waals surface area contributed by atoms with Crippen LogP contribution in [0.4, 0.5) is 4.39 Å². The predicted molar refractivity (Wildman–Crippen MR) is 122 cm³/mol. The molecule has 168 valence electrons. The minimum absolute atomic E-state index is 0.121. The monoisotopic (exact) mass is 437 g/mol. The van der Waals surface area contributed by atoms with Crippen LogP contribution in [-0.2, 0) is 11.3 Å². The number of carbonyl (C=O) groups excluding carboxylic acids is 2. The minimum atomic E-state index is -0.355. The van der Waals surface area contributed by atoms with E-state index in [-0.39, 0.29) is 11.6 Å². The molecule has 0 spiro atoms. The fraction of sp³-hybridized carbons (Fsp3) is 0.360. The summed E-state index contributed by atoms with van der Waals surface area (Å²) in [6.45, 7) is 6.83. The predicted octanol–water partition coefficient (Wildman–Crippen LogP) is 3.49. The van der Waals surface area contributed by atoms with Crippen molar-refractivity contribution < 1.29 is 18.7 Å². The second-order valence-corrected chi connectivity index (χ2v) is 8.17. The van der Waals surface area contributed by atoms with Crippen molar-refractivity contribution in [1.29, 1.82) is 0 Å². The fourth-order valence-electron chi connectivity index (χ4n) is 4.46. The van der Waals surface area contributed by atoms with Gasteiger partial charge in [0.05, 0.1) is 12.7 Å². The van der Waals surface area contributed by atoms with E-state index in [9.17, 15) is 14.0 Å². The molecule has 0 saturated carbocycles. The van der Waals surface area contributed by atoms with E-state index < -0.39 is 0 Å². The zero-order valence-corrected chi connectivity index (χ0v) is 18.5. The van der Waals surface area contributed by atoms with Crippen LogP contribution < -0.4 is 4.74 Å². The van der Waals surface area contributed by atoms with E-state index in [1.165, 1.54) is 12.1 Å². The first-order valence-corrected chi connectivity index (χ1v) is 10.9. The molecule has 1 saturated heterocycles. The Hall–Kier alpha value is -3.19. The summed E-state index contributed by atoms with van der Waals surface area (Å²) < 4.78 is 21.4. The number of nitrogens with zero attached hydrogens (tertiary/aromatic N) is 3. The minimum Gasteiger partial charge on any atom is -0.497 e. The number of aromatic nitrogens is 1. The first-order chi connectivity index (χ1) is 15.5.